The highest BCUT2D eigenvalue weighted by molar-refractivity contribution is 7.94. The average molecular weight is 394 g/mol. The van der Waals surface area contributed by atoms with Crippen molar-refractivity contribution in [3.05, 3.63) is 77.4 Å². The van der Waals surface area contributed by atoms with Gasteiger partial charge in [0, 0.05) is 17.6 Å². The fourth-order valence-corrected chi connectivity index (χ4v) is 8.00. The Balaban J connectivity index is 1.55. The number of rotatable bonds is 3. The van der Waals surface area contributed by atoms with Crippen LogP contribution in [0.25, 0.3) is 0 Å². The Kier molecular flexibility index (Phi) is 4.16. The van der Waals surface area contributed by atoms with Gasteiger partial charge in [0.2, 0.25) is 0 Å². The predicted octanol–water partition coefficient (Wildman–Crippen LogP) is 4.75. The second kappa shape index (κ2) is 6.48. The Bertz CT molecular complexity index is 1030. The summed E-state index contributed by atoms with van der Waals surface area (Å²) in [6, 6.07) is 8.36. The second-order valence-corrected chi connectivity index (χ2v) is 10.9. The summed E-state index contributed by atoms with van der Waals surface area (Å²) in [5.41, 5.74) is 4.61. The first-order valence-electron chi connectivity index (χ1n) is 10.3. The third-order valence-electron chi connectivity index (χ3n) is 6.98. The molecule has 0 fully saturated rings. The van der Waals surface area contributed by atoms with Gasteiger partial charge in [0.05, 0.1) is 5.25 Å². The molecule has 4 heteroatoms. The average Bonchev–Trinajstić information content (AvgIpc) is 3.37. The second-order valence-electron chi connectivity index (χ2n) is 8.59. The minimum Gasteiger partial charge on any atom is -0.378 e. The number of benzene rings is 1. The van der Waals surface area contributed by atoms with Gasteiger partial charge in [0.25, 0.3) is 0 Å². The van der Waals surface area contributed by atoms with Crippen molar-refractivity contribution in [2.75, 3.05) is 5.32 Å². The summed E-state index contributed by atoms with van der Waals surface area (Å²) in [4.78, 5) is 0. The van der Waals surface area contributed by atoms with Gasteiger partial charge in [-0.3, -0.25) is 0 Å². The molecule has 0 saturated heterocycles. The molecule has 1 N–H and O–H groups in total. The molecule has 3 nitrogen and oxygen atoms in total. The molecule has 1 aromatic carbocycles. The van der Waals surface area contributed by atoms with Crippen LogP contribution in [0.3, 0.4) is 0 Å². The van der Waals surface area contributed by atoms with E-state index in [1.165, 1.54) is 5.56 Å². The van der Waals surface area contributed by atoms with Crippen LogP contribution in [0.4, 0.5) is 5.69 Å². The highest BCUT2D eigenvalue weighted by Crippen LogP contribution is 2.47. The Morgan fingerprint density at radius 1 is 1.14 bits per heavy atom. The number of hydrogen-bond donors (Lipinski definition) is 1. The van der Waals surface area contributed by atoms with Gasteiger partial charge in [-0.05, 0) is 56.2 Å². The molecule has 0 saturated carbocycles. The zero-order valence-electron chi connectivity index (χ0n) is 16.3. The number of fused-ring (bicyclic) bond motifs is 2. The van der Waals surface area contributed by atoms with Crippen molar-refractivity contribution in [1.82, 2.24) is 0 Å². The highest BCUT2D eigenvalue weighted by Gasteiger charge is 2.53. The minimum atomic E-state index is -3.43. The lowest BCUT2D eigenvalue weighted by Crippen LogP contribution is -2.49. The topological polar surface area (TPSA) is 46.2 Å². The predicted molar refractivity (Wildman–Crippen MR) is 115 cm³/mol. The van der Waals surface area contributed by atoms with Crippen molar-refractivity contribution in [3.8, 4) is 0 Å². The molecule has 0 spiro atoms. The number of nitrogens with one attached hydrogen (secondary N) is 1. The zero-order chi connectivity index (χ0) is 19.4. The minimum absolute atomic E-state index is 0.0548. The summed E-state index contributed by atoms with van der Waals surface area (Å²) < 4.78 is 27.5. The summed E-state index contributed by atoms with van der Waals surface area (Å²) in [5, 5.41) is 3.11. The third-order valence-corrected chi connectivity index (χ3v) is 9.78. The molecule has 4 aliphatic rings. The first-order valence-corrected chi connectivity index (χ1v) is 11.9. The molecule has 0 amide bonds. The number of allylic oxidation sites excluding steroid dienone is 4. The van der Waals surface area contributed by atoms with Crippen LogP contribution in [-0.2, 0) is 16.3 Å². The molecular weight excluding hydrogens is 366 g/mol. The van der Waals surface area contributed by atoms with E-state index in [4.69, 9.17) is 0 Å². The van der Waals surface area contributed by atoms with Crippen molar-refractivity contribution in [2.45, 2.75) is 55.1 Å². The van der Waals surface area contributed by atoms with Crippen molar-refractivity contribution in [1.29, 1.82) is 0 Å². The summed E-state index contributed by atoms with van der Waals surface area (Å²) >= 11 is 0. The number of hydrogen-bond acceptors (Lipinski definition) is 3. The molecule has 1 aromatic rings. The van der Waals surface area contributed by atoms with Gasteiger partial charge in [-0.1, -0.05) is 60.2 Å². The molecule has 28 heavy (non-hydrogen) atoms. The standard InChI is InChI=1S/C24H27NO2S/c1-17-12-14-24(15-13-17,19-7-3-4-8-19)28(26,27)23-11-10-22-20(23)16-18-6-2-5-9-21(18)25-22/h2,5-7,9-14,20,22-23,25H,3-4,8,15-16H2,1H3. The third kappa shape index (κ3) is 2.57. The molecule has 0 radical (unpaired) electrons. The maximum absolute atomic E-state index is 14.2. The monoisotopic (exact) mass is 393 g/mol. The maximum atomic E-state index is 14.2. The van der Waals surface area contributed by atoms with E-state index in [9.17, 15) is 8.42 Å². The molecule has 4 unspecified atom stereocenters. The first-order chi connectivity index (χ1) is 13.5. The van der Waals surface area contributed by atoms with E-state index in [0.29, 0.717) is 6.42 Å². The maximum Gasteiger partial charge on any atom is 0.170 e. The Hall–Kier alpha value is -2.07. The first kappa shape index (κ1) is 18.0. The van der Waals surface area contributed by atoms with E-state index in [2.05, 4.69) is 35.7 Å². The molecule has 4 atom stereocenters. The molecular formula is C24H27NO2S. The van der Waals surface area contributed by atoms with Gasteiger partial charge in [0.1, 0.15) is 4.75 Å². The van der Waals surface area contributed by atoms with Crippen LogP contribution in [0.15, 0.2) is 71.9 Å². The van der Waals surface area contributed by atoms with Gasteiger partial charge in [-0.2, -0.15) is 0 Å². The van der Waals surface area contributed by atoms with E-state index >= 15 is 0 Å². The smallest absolute Gasteiger partial charge is 0.170 e. The Labute approximate surface area is 167 Å². The van der Waals surface area contributed by atoms with Gasteiger partial charge in [0.15, 0.2) is 9.84 Å². The van der Waals surface area contributed by atoms with E-state index in [-0.39, 0.29) is 12.0 Å². The fourth-order valence-electron chi connectivity index (χ4n) is 5.37. The molecule has 3 aliphatic carbocycles. The van der Waals surface area contributed by atoms with Crippen LogP contribution in [0, 0.1) is 5.92 Å². The van der Waals surface area contributed by atoms with Gasteiger partial charge < -0.3 is 5.32 Å². The molecule has 1 heterocycles. The van der Waals surface area contributed by atoms with Crippen molar-refractivity contribution in [2.24, 2.45) is 5.92 Å². The molecule has 0 bridgehead atoms. The van der Waals surface area contributed by atoms with E-state index in [1.54, 1.807) is 0 Å². The quantitative estimate of drug-likeness (QED) is 0.754. The van der Waals surface area contributed by atoms with Crippen molar-refractivity contribution < 1.29 is 8.42 Å². The number of anilines is 1. The van der Waals surface area contributed by atoms with Crippen LogP contribution in [0.1, 0.15) is 38.2 Å². The molecule has 5 rings (SSSR count). The van der Waals surface area contributed by atoms with Crippen molar-refractivity contribution >= 4 is 15.5 Å². The van der Waals surface area contributed by atoms with E-state index in [0.717, 1.165) is 42.5 Å². The summed E-state index contributed by atoms with van der Waals surface area (Å²) in [5.74, 6) is 0.0548. The summed E-state index contributed by atoms with van der Waals surface area (Å²) in [7, 11) is -3.43. The largest absolute Gasteiger partial charge is 0.378 e. The van der Waals surface area contributed by atoms with Gasteiger partial charge >= 0.3 is 0 Å². The van der Waals surface area contributed by atoms with Crippen LogP contribution in [0.5, 0.6) is 0 Å². The molecule has 1 aliphatic heterocycles. The summed E-state index contributed by atoms with van der Waals surface area (Å²) in [6.07, 6.45) is 16.6. The van der Waals surface area contributed by atoms with E-state index in [1.807, 2.05) is 37.3 Å². The number of para-hydroxylation sites is 1. The molecule has 146 valence electrons. The zero-order valence-corrected chi connectivity index (χ0v) is 17.1. The van der Waals surface area contributed by atoms with Gasteiger partial charge in [-0.25, -0.2) is 8.42 Å². The molecule has 0 aromatic heterocycles. The van der Waals surface area contributed by atoms with Crippen LogP contribution >= 0.6 is 0 Å². The van der Waals surface area contributed by atoms with Crippen molar-refractivity contribution in [3.63, 3.8) is 0 Å². The lowest BCUT2D eigenvalue weighted by atomic mass is 9.88. The Morgan fingerprint density at radius 2 is 2.00 bits per heavy atom. The normalized spacial score (nSPS) is 33.7. The SMILES string of the molecule is CC1=CCC(C2=CCCC2)(S(=O)(=O)C2C=CC3Nc4ccccc4CC32)C=C1. The van der Waals surface area contributed by atoms with Crippen LogP contribution in [0.2, 0.25) is 0 Å². The van der Waals surface area contributed by atoms with Crippen LogP contribution < -0.4 is 5.32 Å². The number of sulfone groups is 1. The van der Waals surface area contributed by atoms with E-state index < -0.39 is 19.8 Å². The lowest BCUT2D eigenvalue weighted by Gasteiger charge is -2.39. The lowest BCUT2D eigenvalue weighted by molar-refractivity contribution is 0.481. The van der Waals surface area contributed by atoms with Gasteiger partial charge in [-0.15, -0.1) is 0 Å². The highest BCUT2D eigenvalue weighted by atomic mass is 32.2. The fraction of sp³-hybridized carbons (Fsp3) is 0.417. The summed E-state index contributed by atoms with van der Waals surface area (Å²) in [6.45, 7) is 2.05. The van der Waals surface area contributed by atoms with Crippen LogP contribution in [-0.4, -0.2) is 24.5 Å². The Morgan fingerprint density at radius 3 is 2.75 bits per heavy atom.